The fourth-order valence-corrected chi connectivity index (χ4v) is 3.32. The van der Waals surface area contributed by atoms with Crippen molar-refractivity contribution < 1.29 is 13.4 Å². The molecular weight excluding hydrogens is 308 g/mol. The van der Waals surface area contributed by atoms with Gasteiger partial charge in [-0.1, -0.05) is 13.0 Å². The third-order valence-corrected chi connectivity index (χ3v) is 5.33. The topological polar surface area (TPSA) is 72.2 Å². The molecule has 2 aromatic rings. The van der Waals surface area contributed by atoms with Crippen LogP contribution in [-0.2, 0) is 21.3 Å². The molecule has 0 bridgehead atoms. The van der Waals surface area contributed by atoms with Crippen LogP contribution in [0.4, 0.5) is 0 Å². The van der Waals surface area contributed by atoms with Gasteiger partial charge in [-0.15, -0.1) is 11.3 Å². The summed E-state index contributed by atoms with van der Waals surface area (Å²) in [4.78, 5) is 17.0. The SMILES string of the molecule is CCCNC(=O)[C@H](C)[S@@](=O)Cc1coc(-c2cccs2)n1. The Kier molecular flexibility index (Phi) is 5.69. The highest BCUT2D eigenvalue weighted by Gasteiger charge is 2.21. The Bertz CT molecular complexity index is 608. The zero-order valence-electron chi connectivity index (χ0n) is 12.0. The zero-order chi connectivity index (χ0) is 15.2. The van der Waals surface area contributed by atoms with E-state index in [1.807, 2.05) is 24.4 Å². The van der Waals surface area contributed by atoms with Crippen LogP contribution in [0, 0.1) is 0 Å². The Morgan fingerprint density at radius 3 is 3.05 bits per heavy atom. The van der Waals surface area contributed by atoms with Crippen molar-refractivity contribution in [2.45, 2.75) is 31.3 Å². The first-order valence-electron chi connectivity index (χ1n) is 6.75. The van der Waals surface area contributed by atoms with E-state index in [1.165, 1.54) is 17.6 Å². The van der Waals surface area contributed by atoms with Crippen molar-refractivity contribution in [1.82, 2.24) is 10.3 Å². The molecule has 2 heterocycles. The number of amides is 1. The molecule has 0 aliphatic carbocycles. The van der Waals surface area contributed by atoms with E-state index in [0.717, 1.165) is 11.3 Å². The number of nitrogens with one attached hydrogen (secondary N) is 1. The van der Waals surface area contributed by atoms with E-state index in [1.54, 1.807) is 6.92 Å². The minimum absolute atomic E-state index is 0.183. The van der Waals surface area contributed by atoms with Crippen molar-refractivity contribution in [1.29, 1.82) is 0 Å². The second-order valence-electron chi connectivity index (χ2n) is 4.58. The molecule has 114 valence electrons. The number of hydrogen-bond acceptors (Lipinski definition) is 5. The van der Waals surface area contributed by atoms with Gasteiger partial charge in [0.25, 0.3) is 0 Å². The van der Waals surface area contributed by atoms with Gasteiger partial charge in [0, 0.05) is 17.3 Å². The minimum Gasteiger partial charge on any atom is -0.444 e. The molecule has 0 spiro atoms. The van der Waals surface area contributed by atoms with E-state index in [9.17, 15) is 9.00 Å². The lowest BCUT2D eigenvalue weighted by atomic mass is 10.4. The lowest BCUT2D eigenvalue weighted by Gasteiger charge is -2.10. The quantitative estimate of drug-likeness (QED) is 0.849. The summed E-state index contributed by atoms with van der Waals surface area (Å²) in [5.41, 5.74) is 0.604. The van der Waals surface area contributed by atoms with Gasteiger partial charge in [-0.2, -0.15) is 0 Å². The van der Waals surface area contributed by atoms with Crippen molar-refractivity contribution in [3.63, 3.8) is 0 Å². The van der Waals surface area contributed by atoms with Gasteiger partial charge in [0.15, 0.2) is 0 Å². The molecule has 2 aromatic heterocycles. The Morgan fingerprint density at radius 2 is 2.38 bits per heavy atom. The number of oxazole rings is 1. The van der Waals surface area contributed by atoms with Gasteiger partial charge in [-0.05, 0) is 24.8 Å². The smallest absolute Gasteiger partial charge is 0.236 e. The van der Waals surface area contributed by atoms with E-state index >= 15 is 0 Å². The molecule has 0 aromatic carbocycles. The number of hydrogen-bond donors (Lipinski definition) is 1. The Morgan fingerprint density at radius 1 is 1.57 bits per heavy atom. The summed E-state index contributed by atoms with van der Waals surface area (Å²) < 4.78 is 17.6. The fourth-order valence-electron chi connectivity index (χ4n) is 1.67. The molecular formula is C14H18N2O3S2. The lowest BCUT2D eigenvalue weighted by molar-refractivity contribution is -0.120. The Balaban J connectivity index is 1.95. The first-order chi connectivity index (χ1) is 10.1. The molecule has 0 aliphatic heterocycles. The first-order valence-corrected chi connectivity index (χ1v) is 9.01. The van der Waals surface area contributed by atoms with E-state index in [-0.39, 0.29) is 11.7 Å². The summed E-state index contributed by atoms with van der Waals surface area (Å²) in [6, 6.07) is 3.83. The fraction of sp³-hybridized carbons (Fsp3) is 0.429. The van der Waals surface area contributed by atoms with Crippen molar-refractivity contribution in [2.75, 3.05) is 6.54 Å². The zero-order valence-corrected chi connectivity index (χ0v) is 13.6. The maximum Gasteiger partial charge on any atom is 0.236 e. The molecule has 2 atom stereocenters. The summed E-state index contributed by atoms with van der Waals surface area (Å²) in [5.74, 6) is 0.563. The average Bonchev–Trinajstić information content (AvgIpc) is 3.14. The van der Waals surface area contributed by atoms with E-state index in [0.29, 0.717) is 18.1 Å². The standard InChI is InChI=1S/C14H18N2O3S2/c1-3-6-15-13(17)10(2)21(18)9-11-8-19-14(16-11)12-5-4-7-20-12/h4-5,7-8,10H,3,6,9H2,1-2H3,(H,15,17)/t10-,21-/m0/s1. The summed E-state index contributed by atoms with van der Waals surface area (Å²) in [5, 5.41) is 4.14. The van der Waals surface area contributed by atoms with Crippen LogP contribution in [0.15, 0.2) is 28.2 Å². The second kappa shape index (κ2) is 7.51. The maximum absolute atomic E-state index is 12.2. The third-order valence-electron chi connectivity index (χ3n) is 2.89. The van der Waals surface area contributed by atoms with Crippen molar-refractivity contribution >= 4 is 28.0 Å². The van der Waals surface area contributed by atoms with Gasteiger partial charge in [-0.3, -0.25) is 9.00 Å². The molecule has 1 amide bonds. The highest BCUT2D eigenvalue weighted by atomic mass is 32.2. The normalized spacial score (nSPS) is 13.8. The van der Waals surface area contributed by atoms with Gasteiger partial charge in [0.2, 0.25) is 11.8 Å². The van der Waals surface area contributed by atoms with Gasteiger partial charge in [0.1, 0.15) is 11.5 Å². The second-order valence-corrected chi connectivity index (χ2v) is 7.28. The number of thiophene rings is 1. The number of nitrogens with zero attached hydrogens (tertiary/aromatic N) is 1. The summed E-state index contributed by atoms with van der Waals surface area (Å²) in [6.45, 7) is 4.25. The first kappa shape index (κ1) is 15.9. The molecule has 0 saturated carbocycles. The Hall–Kier alpha value is -1.47. The van der Waals surface area contributed by atoms with Gasteiger partial charge in [-0.25, -0.2) is 4.98 Å². The van der Waals surface area contributed by atoms with Gasteiger partial charge in [0.05, 0.1) is 16.3 Å². The summed E-state index contributed by atoms with van der Waals surface area (Å²) in [7, 11) is -1.31. The summed E-state index contributed by atoms with van der Waals surface area (Å²) >= 11 is 1.53. The number of aromatic nitrogens is 1. The number of carbonyl (C=O) groups is 1. The molecule has 0 fully saturated rings. The number of rotatable bonds is 7. The van der Waals surface area contributed by atoms with Crippen LogP contribution in [0.3, 0.4) is 0 Å². The van der Waals surface area contributed by atoms with E-state index in [2.05, 4.69) is 10.3 Å². The molecule has 0 radical (unpaired) electrons. The molecule has 1 N–H and O–H groups in total. The molecule has 2 rings (SSSR count). The third kappa shape index (κ3) is 4.25. The average molecular weight is 326 g/mol. The van der Waals surface area contributed by atoms with Crippen LogP contribution >= 0.6 is 11.3 Å². The Labute approximate surface area is 130 Å². The lowest BCUT2D eigenvalue weighted by Crippen LogP contribution is -2.36. The monoisotopic (exact) mass is 326 g/mol. The largest absolute Gasteiger partial charge is 0.444 e. The van der Waals surface area contributed by atoms with Crippen LogP contribution in [-0.4, -0.2) is 26.9 Å². The molecule has 0 saturated heterocycles. The van der Waals surface area contributed by atoms with Crippen molar-refractivity contribution in [3.8, 4) is 10.8 Å². The molecule has 0 unspecified atom stereocenters. The van der Waals surface area contributed by atoms with E-state index in [4.69, 9.17) is 4.42 Å². The highest BCUT2D eigenvalue weighted by Crippen LogP contribution is 2.24. The maximum atomic E-state index is 12.2. The van der Waals surface area contributed by atoms with Crippen LogP contribution in [0.25, 0.3) is 10.8 Å². The van der Waals surface area contributed by atoms with Crippen molar-refractivity contribution in [2.24, 2.45) is 0 Å². The van der Waals surface area contributed by atoms with Gasteiger partial charge < -0.3 is 9.73 Å². The van der Waals surface area contributed by atoms with Crippen molar-refractivity contribution in [3.05, 3.63) is 29.5 Å². The molecule has 21 heavy (non-hydrogen) atoms. The predicted molar refractivity (Wildman–Crippen MR) is 84.4 cm³/mol. The predicted octanol–water partition coefficient (Wildman–Crippen LogP) is 2.57. The van der Waals surface area contributed by atoms with Crippen LogP contribution < -0.4 is 5.32 Å². The summed E-state index contributed by atoms with van der Waals surface area (Å²) in [6.07, 6.45) is 2.36. The number of carbonyl (C=O) groups excluding carboxylic acids is 1. The molecule has 5 nitrogen and oxygen atoms in total. The van der Waals surface area contributed by atoms with Crippen LogP contribution in [0.5, 0.6) is 0 Å². The highest BCUT2D eigenvalue weighted by molar-refractivity contribution is 7.85. The minimum atomic E-state index is -1.31. The molecule has 0 aliphatic rings. The van der Waals surface area contributed by atoms with Crippen LogP contribution in [0.2, 0.25) is 0 Å². The van der Waals surface area contributed by atoms with Gasteiger partial charge >= 0.3 is 0 Å². The van der Waals surface area contributed by atoms with E-state index < -0.39 is 16.0 Å². The van der Waals surface area contributed by atoms with Crippen LogP contribution in [0.1, 0.15) is 26.0 Å². The molecule has 7 heteroatoms.